The number of nitrogens with one attached hydrogen (secondary N) is 2. The summed E-state index contributed by atoms with van der Waals surface area (Å²) in [5.74, 6) is -2.20. The van der Waals surface area contributed by atoms with Crippen molar-refractivity contribution in [1.29, 1.82) is 0 Å². The number of hydrogen-bond donors (Lipinski definition) is 2. The summed E-state index contributed by atoms with van der Waals surface area (Å²) in [5, 5.41) is 3.06. The molecule has 3 rings (SSSR count). The smallest absolute Gasteiger partial charge is 0.351 e. The van der Waals surface area contributed by atoms with Gasteiger partial charge in [-0.2, -0.15) is 13.2 Å². The Morgan fingerprint density at radius 3 is 2.23 bits per heavy atom. The molecule has 1 aromatic heterocycles. The number of hydrogen-bond acceptors (Lipinski definition) is 3. The molecular formula is C20H23F3N4O3. The first-order valence-corrected chi connectivity index (χ1v) is 9.50. The topological polar surface area (TPSA) is 85.5 Å². The second kappa shape index (κ2) is 8.00. The molecule has 0 saturated carbocycles. The van der Waals surface area contributed by atoms with E-state index in [1.165, 1.54) is 18.7 Å². The minimum Gasteiger partial charge on any atom is -0.351 e. The Balaban J connectivity index is 1.56. The van der Waals surface area contributed by atoms with Gasteiger partial charge in [0.25, 0.3) is 5.91 Å². The van der Waals surface area contributed by atoms with Gasteiger partial charge >= 0.3 is 18.0 Å². The maximum absolute atomic E-state index is 12.7. The van der Waals surface area contributed by atoms with Gasteiger partial charge in [0.05, 0.1) is 6.42 Å². The van der Waals surface area contributed by atoms with Crippen molar-refractivity contribution in [2.45, 2.75) is 32.0 Å². The van der Waals surface area contributed by atoms with Gasteiger partial charge in [-0.1, -0.05) is 18.2 Å². The van der Waals surface area contributed by atoms with Crippen molar-refractivity contribution >= 4 is 28.6 Å². The van der Waals surface area contributed by atoms with Crippen molar-refractivity contribution in [3.63, 3.8) is 0 Å². The number of amides is 3. The summed E-state index contributed by atoms with van der Waals surface area (Å²) in [7, 11) is 0. The molecule has 2 N–H and O–H groups in total. The molecule has 0 atom stereocenters. The van der Waals surface area contributed by atoms with Crippen LogP contribution in [0.15, 0.2) is 30.3 Å². The van der Waals surface area contributed by atoms with Gasteiger partial charge in [-0.15, -0.1) is 0 Å². The van der Waals surface area contributed by atoms with Crippen molar-refractivity contribution in [2.75, 3.05) is 26.2 Å². The lowest BCUT2D eigenvalue weighted by molar-refractivity contribution is -0.155. The molecular weight excluding hydrogens is 401 g/mol. The standard InChI is InChI=1S/C20H23F3N4O3/c1-19(2,12-20(21,22)23)25-16(28)18(30)27-9-7-26(8-10-27)17(29)15-11-13-5-3-4-6-14(13)24-15/h3-6,11,24H,7-10,12H2,1-2H3,(H,25,28). The molecule has 0 bridgehead atoms. The fraction of sp³-hybridized carbons (Fsp3) is 0.450. The van der Waals surface area contributed by atoms with Crippen LogP contribution in [0, 0.1) is 0 Å². The molecule has 1 saturated heterocycles. The van der Waals surface area contributed by atoms with E-state index in [4.69, 9.17) is 0 Å². The minimum absolute atomic E-state index is 0.123. The highest BCUT2D eigenvalue weighted by Crippen LogP contribution is 2.27. The number of aromatic nitrogens is 1. The number of aromatic amines is 1. The lowest BCUT2D eigenvalue weighted by Gasteiger charge is -2.35. The minimum atomic E-state index is -4.46. The van der Waals surface area contributed by atoms with E-state index in [1.807, 2.05) is 24.3 Å². The van der Waals surface area contributed by atoms with Gasteiger partial charge < -0.3 is 20.1 Å². The molecule has 2 heterocycles. The first kappa shape index (κ1) is 21.7. The van der Waals surface area contributed by atoms with Gasteiger partial charge in [-0.05, 0) is 26.0 Å². The summed E-state index contributed by atoms with van der Waals surface area (Å²) in [6.45, 7) is 3.11. The molecule has 0 radical (unpaired) electrons. The molecule has 1 aliphatic heterocycles. The summed E-state index contributed by atoms with van der Waals surface area (Å²) in [6.07, 6.45) is -5.71. The number of para-hydroxylation sites is 1. The zero-order chi connectivity index (χ0) is 22.1. The number of carbonyl (C=O) groups is 3. The summed E-state index contributed by atoms with van der Waals surface area (Å²) >= 11 is 0. The zero-order valence-corrected chi connectivity index (χ0v) is 16.7. The number of halogens is 3. The van der Waals surface area contributed by atoms with E-state index in [0.29, 0.717) is 5.69 Å². The number of piperazine rings is 1. The van der Waals surface area contributed by atoms with Crippen LogP contribution in [0.2, 0.25) is 0 Å². The van der Waals surface area contributed by atoms with Crippen molar-refractivity contribution in [3.05, 3.63) is 36.0 Å². The van der Waals surface area contributed by atoms with Crippen LogP contribution in [0.3, 0.4) is 0 Å². The van der Waals surface area contributed by atoms with Crippen LogP contribution in [-0.4, -0.2) is 70.4 Å². The summed E-state index contributed by atoms with van der Waals surface area (Å²) < 4.78 is 37.8. The lowest BCUT2D eigenvalue weighted by atomic mass is 10.0. The van der Waals surface area contributed by atoms with Crippen LogP contribution in [-0.2, 0) is 9.59 Å². The van der Waals surface area contributed by atoms with Crippen LogP contribution < -0.4 is 5.32 Å². The maximum atomic E-state index is 12.7. The predicted octanol–water partition coefficient (Wildman–Crippen LogP) is 2.30. The van der Waals surface area contributed by atoms with Gasteiger partial charge in [0.2, 0.25) is 0 Å². The number of fused-ring (bicyclic) bond motifs is 1. The molecule has 7 nitrogen and oxygen atoms in total. The molecule has 162 valence electrons. The quantitative estimate of drug-likeness (QED) is 0.742. The van der Waals surface area contributed by atoms with Gasteiger partial charge in [0.15, 0.2) is 0 Å². The van der Waals surface area contributed by atoms with Crippen LogP contribution in [0.1, 0.15) is 30.8 Å². The van der Waals surface area contributed by atoms with E-state index in [1.54, 1.807) is 11.0 Å². The number of benzene rings is 1. The van der Waals surface area contributed by atoms with E-state index >= 15 is 0 Å². The van der Waals surface area contributed by atoms with Crippen molar-refractivity contribution < 1.29 is 27.6 Å². The van der Waals surface area contributed by atoms with Crippen LogP contribution >= 0.6 is 0 Å². The van der Waals surface area contributed by atoms with E-state index < -0.39 is 30.0 Å². The molecule has 1 aromatic carbocycles. The highest BCUT2D eigenvalue weighted by molar-refractivity contribution is 6.35. The van der Waals surface area contributed by atoms with Crippen molar-refractivity contribution in [1.82, 2.24) is 20.1 Å². The maximum Gasteiger partial charge on any atom is 0.391 e. The number of rotatable bonds is 3. The molecule has 10 heteroatoms. The molecule has 1 fully saturated rings. The van der Waals surface area contributed by atoms with E-state index in [2.05, 4.69) is 10.3 Å². The highest BCUT2D eigenvalue weighted by Gasteiger charge is 2.39. The fourth-order valence-corrected chi connectivity index (χ4v) is 3.52. The van der Waals surface area contributed by atoms with Crippen LogP contribution in [0.4, 0.5) is 13.2 Å². The summed E-state index contributed by atoms with van der Waals surface area (Å²) in [6, 6.07) is 9.24. The largest absolute Gasteiger partial charge is 0.391 e. The third-order valence-electron chi connectivity index (χ3n) is 4.90. The Bertz CT molecular complexity index is 927. The van der Waals surface area contributed by atoms with E-state index in [9.17, 15) is 27.6 Å². The first-order valence-electron chi connectivity index (χ1n) is 9.50. The molecule has 1 aliphatic rings. The van der Waals surface area contributed by atoms with Gasteiger partial charge in [0.1, 0.15) is 5.69 Å². The summed E-state index contributed by atoms with van der Waals surface area (Å²) in [4.78, 5) is 43.0. The number of alkyl halides is 3. The predicted molar refractivity (Wildman–Crippen MR) is 104 cm³/mol. The molecule has 0 spiro atoms. The van der Waals surface area contributed by atoms with Gasteiger partial charge in [0, 0.05) is 42.6 Å². The van der Waals surface area contributed by atoms with E-state index in [0.717, 1.165) is 10.9 Å². The molecule has 0 aliphatic carbocycles. The van der Waals surface area contributed by atoms with Crippen molar-refractivity contribution in [3.8, 4) is 0 Å². The Labute approximate surface area is 171 Å². The summed E-state index contributed by atoms with van der Waals surface area (Å²) in [5.41, 5.74) is -0.325. The third-order valence-corrected chi connectivity index (χ3v) is 4.90. The second-order valence-corrected chi connectivity index (χ2v) is 7.98. The van der Waals surface area contributed by atoms with Gasteiger partial charge in [-0.3, -0.25) is 14.4 Å². The number of nitrogens with zero attached hydrogens (tertiary/aromatic N) is 2. The molecule has 30 heavy (non-hydrogen) atoms. The van der Waals surface area contributed by atoms with E-state index in [-0.39, 0.29) is 32.1 Å². The Morgan fingerprint density at radius 1 is 1.03 bits per heavy atom. The van der Waals surface area contributed by atoms with Gasteiger partial charge in [-0.25, -0.2) is 0 Å². The Morgan fingerprint density at radius 2 is 1.63 bits per heavy atom. The average molecular weight is 424 g/mol. The monoisotopic (exact) mass is 424 g/mol. The molecule has 2 aromatic rings. The second-order valence-electron chi connectivity index (χ2n) is 7.98. The molecule has 3 amide bonds. The fourth-order valence-electron chi connectivity index (χ4n) is 3.52. The SMILES string of the molecule is CC(C)(CC(F)(F)F)NC(=O)C(=O)N1CCN(C(=O)c2cc3ccccc3[nH]2)CC1. The third kappa shape index (κ3) is 5.11. The Kier molecular flexibility index (Phi) is 5.78. The van der Waals surface area contributed by atoms with Crippen LogP contribution in [0.5, 0.6) is 0 Å². The van der Waals surface area contributed by atoms with Crippen LogP contribution in [0.25, 0.3) is 10.9 Å². The highest BCUT2D eigenvalue weighted by atomic mass is 19.4. The van der Waals surface area contributed by atoms with Crippen molar-refractivity contribution in [2.24, 2.45) is 0 Å². The average Bonchev–Trinajstić information content (AvgIpc) is 3.08. The Hall–Kier alpha value is -3.04. The zero-order valence-electron chi connectivity index (χ0n) is 16.7. The normalized spacial score (nSPS) is 15.4. The first-order chi connectivity index (χ1) is 14.0. The number of carbonyl (C=O) groups excluding carboxylic acids is 3. The lowest BCUT2D eigenvalue weighted by Crippen LogP contribution is -2.56. The molecule has 0 unspecified atom stereocenters. The number of H-pyrrole nitrogens is 1.